The second-order valence-corrected chi connectivity index (χ2v) is 3.55. The molecule has 0 aromatic heterocycles. The molecule has 17 heavy (non-hydrogen) atoms. The van der Waals surface area contributed by atoms with Gasteiger partial charge in [-0.05, 0) is 0 Å². The second-order valence-electron chi connectivity index (χ2n) is 3.55. The molecule has 0 bridgehead atoms. The summed E-state index contributed by atoms with van der Waals surface area (Å²) in [5.74, 6) is -0.334. The standard InChI is InChI=1S/C9H14N4O4/c1-4-12-9(10)11-3-13(4)8-7(16)6(15)5(2-14)17-8/h3,5-8,14-16H,1-2H2,(H2,10,12)/t5-,6?,7+,8-/m1/s1/i3D,8D. The highest BCUT2D eigenvalue weighted by molar-refractivity contribution is 5.89. The molecule has 1 fully saturated rings. The van der Waals surface area contributed by atoms with E-state index in [9.17, 15) is 10.2 Å². The van der Waals surface area contributed by atoms with Crippen LogP contribution >= 0.6 is 0 Å². The molecule has 2 heterocycles. The fourth-order valence-electron chi connectivity index (χ4n) is 1.52. The van der Waals surface area contributed by atoms with Gasteiger partial charge in [-0.1, -0.05) is 6.58 Å². The maximum absolute atomic E-state index is 9.90. The van der Waals surface area contributed by atoms with Crippen molar-refractivity contribution in [2.24, 2.45) is 15.7 Å². The number of aliphatic imine (C=N–C) groups is 2. The van der Waals surface area contributed by atoms with E-state index in [-0.39, 0.29) is 11.8 Å². The summed E-state index contributed by atoms with van der Waals surface area (Å²) in [6, 6.07) is 0. The number of amidine groups is 1. The van der Waals surface area contributed by atoms with Gasteiger partial charge in [-0.25, -0.2) is 4.99 Å². The molecule has 1 unspecified atom stereocenters. The van der Waals surface area contributed by atoms with Crippen molar-refractivity contribution in [1.29, 1.82) is 0 Å². The summed E-state index contributed by atoms with van der Waals surface area (Å²) >= 11 is 0. The van der Waals surface area contributed by atoms with E-state index in [0.717, 1.165) is 4.90 Å². The molecule has 0 aromatic rings. The van der Waals surface area contributed by atoms with Crippen LogP contribution in [0.5, 0.6) is 0 Å². The fraction of sp³-hybridized carbons (Fsp3) is 0.556. The Bertz CT molecular complexity index is 471. The first kappa shape index (κ1) is 9.54. The van der Waals surface area contributed by atoms with Crippen molar-refractivity contribution >= 4 is 12.3 Å². The molecule has 2 aliphatic rings. The van der Waals surface area contributed by atoms with Gasteiger partial charge in [0.1, 0.15) is 31.8 Å². The van der Waals surface area contributed by atoms with E-state index in [1.54, 1.807) is 0 Å². The van der Waals surface area contributed by atoms with E-state index >= 15 is 0 Å². The lowest BCUT2D eigenvalue weighted by Gasteiger charge is -2.29. The number of ether oxygens (including phenoxy) is 1. The average Bonchev–Trinajstić information content (AvgIpc) is 2.53. The zero-order valence-electron chi connectivity index (χ0n) is 10.8. The highest BCUT2D eigenvalue weighted by Crippen LogP contribution is 2.26. The summed E-state index contributed by atoms with van der Waals surface area (Å²) in [4.78, 5) is 8.00. The van der Waals surface area contributed by atoms with Gasteiger partial charge in [-0.15, -0.1) is 0 Å². The van der Waals surface area contributed by atoms with Crippen molar-refractivity contribution in [3.63, 3.8) is 0 Å². The van der Waals surface area contributed by atoms with Crippen LogP contribution in [-0.2, 0) is 4.74 Å². The quantitative estimate of drug-likeness (QED) is 0.427. The minimum atomic E-state index is -2.26. The molecule has 0 saturated carbocycles. The zero-order chi connectivity index (χ0) is 14.4. The SMILES string of the molecule is [2H]C1=NC(N)=NC(=C)N1[C@]1([2H])O[C@H](CO)C(O)[C@@H]1O. The minimum absolute atomic E-state index is 0.127. The van der Waals surface area contributed by atoms with Gasteiger partial charge in [-0.2, -0.15) is 4.99 Å². The van der Waals surface area contributed by atoms with Gasteiger partial charge in [0, 0.05) is 0 Å². The number of nitrogens with two attached hydrogens (primary N) is 1. The van der Waals surface area contributed by atoms with Gasteiger partial charge in [-0.3, -0.25) is 4.90 Å². The molecule has 2 rings (SSSR count). The van der Waals surface area contributed by atoms with Crippen molar-refractivity contribution in [3.05, 3.63) is 12.4 Å². The van der Waals surface area contributed by atoms with Gasteiger partial charge in [0.15, 0.2) is 6.20 Å². The van der Waals surface area contributed by atoms with Gasteiger partial charge in [0.25, 0.3) is 0 Å². The third-order valence-electron chi connectivity index (χ3n) is 2.40. The molecule has 5 N–H and O–H groups in total. The first-order chi connectivity index (χ1) is 8.81. The molecule has 0 spiro atoms. The highest BCUT2D eigenvalue weighted by atomic mass is 16.6. The first-order valence-electron chi connectivity index (χ1n) is 5.84. The van der Waals surface area contributed by atoms with Crippen LogP contribution in [0.2, 0.25) is 0 Å². The van der Waals surface area contributed by atoms with E-state index in [0.29, 0.717) is 0 Å². The van der Waals surface area contributed by atoms with E-state index in [4.69, 9.17) is 18.3 Å². The molecule has 2 aliphatic heterocycles. The number of aliphatic hydroxyl groups is 3. The van der Waals surface area contributed by atoms with Crippen LogP contribution in [0.4, 0.5) is 0 Å². The summed E-state index contributed by atoms with van der Waals surface area (Å²) in [6.07, 6.45) is -7.10. The summed E-state index contributed by atoms with van der Waals surface area (Å²) in [5.41, 5.74) is 5.34. The normalized spacial score (nSPS) is 44.1. The van der Waals surface area contributed by atoms with Crippen LogP contribution in [0, 0.1) is 0 Å². The zero-order valence-corrected chi connectivity index (χ0v) is 8.82. The Morgan fingerprint density at radius 1 is 1.65 bits per heavy atom. The van der Waals surface area contributed by atoms with Gasteiger partial charge in [0.2, 0.25) is 5.96 Å². The fourth-order valence-corrected chi connectivity index (χ4v) is 1.52. The van der Waals surface area contributed by atoms with Crippen LogP contribution < -0.4 is 5.73 Å². The van der Waals surface area contributed by atoms with E-state index < -0.39 is 37.4 Å². The Labute approximate surface area is 100 Å². The minimum Gasteiger partial charge on any atom is -0.394 e. The van der Waals surface area contributed by atoms with E-state index in [1.807, 2.05) is 0 Å². The van der Waals surface area contributed by atoms with Crippen molar-refractivity contribution in [1.82, 2.24) is 4.90 Å². The van der Waals surface area contributed by atoms with Crippen molar-refractivity contribution in [2.75, 3.05) is 6.61 Å². The third-order valence-corrected chi connectivity index (χ3v) is 2.40. The number of nitrogens with zero attached hydrogens (tertiary/aromatic N) is 3. The van der Waals surface area contributed by atoms with Gasteiger partial charge >= 0.3 is 0 Å². The molecule has 94 valence electrons. The van der Waals surface area contributed by atoms with Crippen molar-refractivity contribution < 1.29 is 22.8 Å². The van der Waals surface area contributed by atoms with Crippen LogP contribution in [0.1, 0.15) is 2.74 Å². The lowest BCUT2D eigenvalue weighted by atomic mass is 10.1. The number of hydrogen-bond acceptors (Lipinski definition) is 8. The number of aliphatic hydroxyl groups excluding tert-OH is 3. The highest BCUT2D eigenvalue weighted by Gasteiger charge is 2.45. The molecule has 0 amide bonds. The Hall–Kier alpha value is -1.48. The van der Waals surface area contributed by atoms with Crippen LogP contribution in [-0.4, -0.2) is 63.6 Å². The lowest BCUT2D eigenvalue weighted by molar-refractivity contribution is -0.0607. The predicted molar refractivity (Wildman–Crippen MR) is 58.9 cm³/mol. The third kappa shape index (κ3) is 2.03. The summed E-state index contributed by atoms with van der Waals surface area (Å²) in [7, 11) is 0. The molecule has 8 heteroatoms. The van der Waals surface area contributed by atoms with Crippen molar-refractivity contribution in [3.8, 4) is 0 Å². The average molecular weight is 244 g/mol. The number of rotatable bonds is 2. The molecule has 8 nitrogen and oxygen atoms in total. The Morgan fingerprint density at radius 2 is 2.35 bits per heavy atom. The lowest BCUT2D eigenvalue weighted by Crippen LogP contribution is -2.44. The van der Waals surface area contributed by atoms with Gasteiger partial charge in [0.05, 0.1) is 7.98 Å². The first-order valence-corrected chi connectivity index (χ1v) is 4.84. The number of hydrogen-bond donors (Lipinski definition) is 4. The molecule has 4 atom stereocenters. The smallest absolute Gasteiger partial charge is 0.223 e. The second kappa shape index (κ2) is 4.41. The van der Waals surface area contributed by atoms with Crippen LogP contribution in [0.15, 0.2) is 22.4 Å². The molecular formula is C9H14N4O4. The van der Waals surface area contributed by atoms with Crippen molar-refractivity contribution in [2.45, 2.75) is 24.5 Å². The van der Waals surface area contributed by atoms with E-state index in [1.165, 1.54) is 0 Å². The van der Waals surface area contributed by atoms with Crippen LogP contribution in [0.25, 0.3) is 0 Å². The largest absolute Gasteiger partial charge is 0.394 e. The molecule has 1 saturated heterocycles. The predicted octanol–water partition coefficient (Wildman–Crippen LogP) is -2.44. The molecule has 0 aliphatic carbocycles. The Balaban J connectivity index is 2.36. The van der Waals surface area contributed by atoms with Gasteiger partial charge < -0.3 is 25.8 Å². The summed E-state index contributed by atoms with van der Waals surface area (Å²) in [5, 5.41) is 28.6. The summed E-state index contributed by atoms with van der Waals surface area (Å²) < 4.78 is 20.8. The van der Waals surface area contributed by atoms with E-state index in [2.05, 4.69) is 16.6 Å². The maximum atomic E-state index is 9.90. The Kier molecular flexibility index (Phi) is 2.48. The molecular weight excluding hydrogens is 228 g/mol. The topological polar surface area (TPSA) is 124 Å². The molecule has 0 aromatic carbocycles. The summed E-state index contributed by atoms with van der Waals surface area (Å²) in [6.45, 7) is 2.91. The molecule has 0 radical (unpaired) electrons. The monoisotopic (exact) mass is 244 g/mol. The maximum Gasteiger partial charge on any atom is 0.223 e. The number of guanidine groups is 1. The van der Waals surface area contributed by atoms with Crippen LogP contribution in [0.3, 0.4) is 0 Å². The Morgan fingerprint density at radius 3 is 2.88 bits per heavy atom.